The molecule has 1 N–H and O–H groups in total. The molecule has 0 unspecified atom stereocenters. The maximum Gasteiger partial charge on any atom is 0.416 e. The normalized spacial score (nSPS) is 22.9. The molecule has 5 rings (SSSR count). The summed E-state index contributed by atoms with van der Waals surface area (Å²) in [7, 11) is 1.96. The van der Waals surface area contributed by atoms with Crippen molar-refractivity contribution in [1.29, 1.82) is 0 Å². The van der Waals surface area contributed by atoms with Crippen molar-refractivity contribution in [1.82, 2.24) is 25.0 Å². The number of nitrogens with zero attached hydrogens (tertiary/aromatic N) is 5. The molecule has 0 amide bonds. The van der Waals surface area contributed by atoms with E-state index >= 15 is 0 Å². The van der Waals surface area contributed by atoms with E-state index in [1.807, 2.05) is 18.5 Å². The Hall–Kier alpha value is -2.40. The van der Waals surface area contributed by atoms with Crippen molar-refractivity contribution in [3.8, 4) is 0 Å². The van der Waals surface area contributed by atoms with Crippen molar-refractivity contribution in [2.24, 2.45) is 13.0 Å². The van der Waals surface area contributed by atoms with E-state index in [9.17, 15) is 13.2 Å². The van der Waals surface area contributed by atoms with Crippen molar-refractivity contribution in [2.75, 3.05) is 43.6 Å². The van der Waals surface area contributed by atoms with Gasteiger partial charge in [0.05, 0.1) is 11.3 Å². The van der Waals surface area contributed by atoms with Gasteiger partial charge in [0, 0.05) is 44.2 Å². The molecular weight excluding hydrogens is 477 g/mol. The van der Waals surface area contributed by atoms with Crippen LogP contribution in [0.15, 0.2) is 35.1 Å². The molecule has 3 aliphatic rings. The number of anilines is 1. The Bertz CT molecular complexity index is 1070. The summed E-state index contributed by atoms with van der Waals surface area (Å²) in [6.07, 6.45) is -1.00. The summed E-state index contributed by atoms with van der Waals surface area (Å²) in [5.41, 5.74) is 1.28. The SMILES string of the molecule is CC1=C(c2nnc(SCCCN3C[C@@H]4CCCN(c5ccc(C(F)(F)F)cc5)[C@@H]4C3)n2C)OCN1. The van der Waals surface area contributed by atoms with E-state index in [0.717, 1.165) is 72.9 Å². The summed E-state index contributed by atoms with van der Waals surface area (Å²) in [4.78, 5) is 4.83. The third-order valence-corrected chi connectivity index (χ3v) is 8.27. The van der Waals surface area contributed by atoms with Crippen LogP contribution in [0.3, 0.4) is 0 Å². The predicted octanol–water partition coefficient (Wildman–Crippen LogP) is 4.18. The fourth-order valence-corrected chi connectivity index (χ4v) is 6.17. The summed E-state index contributed by atoms with van der Waals surface area (Å²) < 4.78 is 46.5. The minimum Gasteiger partial charge on any atom is -0.468 e. The topological polar surface area (TPSA) is 58.5 Å². The average Bonchev–Trinajstić information content (AvgIpc) is 3.54. The van der Waals surface area contributed by atoms with E-state index < -0.39 is 11.7 Å². The van der Waals surface area contributed by atoms with Crippen LogP contribution in [-0.2, 0) is 18.0 Å². The Morgan fingerprint density at radius 3 is 2.69 bits per heavy atom. The van der Waals surface area contributed by atoms with Crippen LogP contribution in [0.4, 0.5) is 18.9 Å². The smallest absolute Gasteiger partial charge is 0.416 e. The van der Waals surface area contributed by atoms with E-state index in [1.165, 1.54) is 18.6 Å². The second-order valence-corrected chi connectivity index (χ2v) is 10.5. The molecular formula is C24H31F3N6OS. The molecule has 11 heteroatoms. The first-order chi connectivity index (χ1) is 16.8. The number of fused-ring (bicyclic) bond motifs is 1. The largest absolute Gasteiger partial charge is 0.468 e. The van der Waals surface area contributed by atoms with Crippen molar-refractivity contribution < 1.29 is 17.9 Å². The lowest BCUT2D eigenvalue weighted by Crippen LogP contribution is -2.45. The molecule has 35 heavy (non-hydrogen) atoms. The fraction of sp³-hybridized carbons (Fsp3) is 0.583. The number of ether oxygens (including phenoxy) is 1. The molecule has 0 aliphatic carbocycles. The standard InChI is InChI=1S/C24H31F3N6OS/c1-16-21(34-15-28-16)22-29-30-23(31(22)2)35-12-4-10-32-13-17-5-3-11-33(20(17)14-32)19-8-6-18(7-9-19)24(25,26)27/h6-9,17,20,28H,3-5,10-15H2,1-2H3/t17-,20+/m0/s1. The van der Waals surface area contributed by atoms with Crippen molar-refractivity contribution in [3.63, 3.8) is 0 Å². The van der Waals surface area contributed by atoms with Gasteiger partial charge in [-0.2, -0.15) is 13.2 Å². The van der Waals surface area contributed by atoms with Crippen LogP contribution in [0.5, 0.6) is 0 Å². The first-order valence-corrected chi connectivity index (χ1v) is 13.1. The molecule has 7 nitrogen and oxygen atoms in total. The molecule has 0 spiro atoms. The van der Waals surface area contributed by atoms with Gasteiger partial charge in [0.25, 0.3) is 0 Å². The number of thioether (sulfide) groups is 1. The van der Waals surface area contributed by atoms with Crippen LogP contribution in [0.1, 0.15) is 37.6 Å². The Morgan fingerprint density at radius 2 is 1.97 bits per heavy atom. The fourth-order valence-electron chi connectivity index (χ4n) is 5.34. The number of benzene rings is 1. The molecule has 1 aromatic carbocycles. The second-order valence-electron chi connectivity index (χ2n) is 9.45. The lowest BCUT2D eigenvalue weighted by molar-refractivity contribution is -0.137. The maximum atomic E-state index is 13.0. The quantitative estimate of drug-likeness (QED) is 0.445. The summed E-state index contributed by atoms with van der Waals surface area (Å²) in [6, 6.07) is 6.03. The summed E-state index contributed by atoms with van der Waals surface area (Å²) in [5, 5.41) is 12.7. The Balaban J connectivity index is 1.13. The van der Waals surface area contributed by atoms with Crippen molar-refractivity contribution in [2.45, 2.75) is 43.6 Å². The molecule has 2 atom stereocenters. The van der Waals surface area contributed by atoms with Gasteiger partial charge in [0.2, 0.25) is 5.82 Å². The highest BCUT2D eigenvalue weighted by atomic mass is 32.2. The Labute approximate surface area is 207 Å². The van der Waals surface area contributed by atoms with Crippen LogP contribution in [-0.4, -0.2) is 64.4 Å². The molecule has 2 saturated heterocycles. The first-order valence-electron chi connectivity index (χ1n) is 12.1. The van der Waals surface area contributed by atoms with E-state index in [2.05, 4.69) is 25.3 Å². The van der Waals surface area contributed by atoms with Crippen LogP contribution >= 0.6 is 11.8 Å². The number of nitrogens with one attached hydrogen (secondary N) is 1. The highest BCUT2D eigenvalue weighted by Gasteiger charge is 2.39. The zero-order valence-electron chi connectivity index (χ0n) is 20.0. The summed E-state index contributed by atoms with van der Waals surface area (Å²) in [6.45, 7) is 6.35. The average molecular weight is 509 g/mol. The van der Waals surface area contributed by atoms with E-state index in [4.69, 9.17) is 4.74 Å². The number of allylic oxidation sites excluding steroid dienone is 1. The maximum absolute atomic E-state index is 13.0. The van der Waals surface area contributed by atoms with Gasteiger partial charge in [0.1, 0.15) is 0 Å². The molecule has 3 aliphatic heterocycles. The Morgan fingerprint density at radius 1 is 1.17 bits per heavy atom. The van der Waals surface area contributed by atoms with Gasteiger partial charge in [-0.3, -0.25) is 0 Å². The van der Waals surface area contributed by atoms with Gasteiger partial charge in [-0.15, -0.1) is 10.2 Å². The van der Waals surface area contributed by atoms with Crippen LogP contribution in [0.2, 0.25) is 0 Å². The monoisotopic (exact) mass is 508 g/mol. The van der Waals surface area contributed by atoms with Crippen molar-refractivity contribution >= 4 is 23.2 Å². The lowest BCUT2D eigenvalue weighted by Gasteiger charge is -2.39. The first kappa shape index (κ1) is 24.3. The molecule has 2 aromatic rings. The highest BCUT2D eigenvalue weighted by Crippen LogP contribution is 2.36. The third-order valence-electron chi connectivity index (χ3n) is 7.16. The minimum atomic E-state index is -4.30. The minimum absolute atomic E-state index is 0.367. The van der Waals surface area contributed by atoms with Crippen LogP contribution in [0.25, 0.3) is 5.76 Å². The number of likely N-dealkylation sites (tertiary alicyclic amines) is 1. The van der Waals surface area contributed by atoms with Gasteiger partial charge in [0.15, 0.2) is 17.6 Å². The highest BCUT2D eigenvalue weighted by molar-refractivity contribution is 7.99. The number of hydrogen-bond donors (Lipinski definition) is 1. The van der Waals surface area contributed by atoms with Gasteiger partial charge < -0.3 is 24.4 Å². The molecule has 0 radical (unpaired) electrons. The van der Waals surface area contributed by atoms with Crippen molar-refractivity contribution in [3.05, 3.63) is 41.4 Å². The Kier molecular flexibility index (Phi) is 6.89. The number of hydrogen-bond acceptors (Lipinski definition) is 7. The van der Waals surface area contributed by atoms with E-state index in [-0.39, 0.29) is 0 Å². The summed E-state index contributed by atoms with van der Waals surface area (Å²) >= 11 is 1.70. The van der Waals surface area contributed by atoms with E-state index in [0.29, 0.717) is 18.7 Å². The molecule has 1 aromatic heterocycles. The van der Waals surface area contributed by atoms with Crippen LogP contribution in [0, 0.1) is 5.92 Å². The van der Waals surface area contributed by atoms with Gasteiger partial charge in [-0.1, -0.05) is 11.8 Å². The van der Waals surface area contributed by atoms with E-state index in [1.54, 1.807) is 23.9 Å². The number of rotatable bonds is 7. The number of halogens is 3. The van der Waals surface area contributed by atoms with Gasteiger partial charge >= 0.3 is 6.18 Å². The van der Waals surface area contributed by atoms with Crippen LogP contribution < -0.4 is 10.2 Å². The molecule has 4 heterocycles. The zero-order chi connectivity index (χ0) is 24.6. The molecule has 190 valence electrons. The summed E-state index contributed by atoms with van der Waals surface area (Å²) in [5.74, 6) is 3.00. The number of piperidine rings is 1. The number of aromatic nitrogens is 3. The lowest BCUT2D eigenvalue weighted by atomic mass is 9.91. The van der Waals surface area contributed by atoms with Gasteiger partial charge in [-0.05, 0) is 62.9 Å². The van der Waals surface area contributed by atoms with Gasteiger partial charge in [-0.25, -0.2) is 0 Å². The number of alkyl halides is 3. The molecule has 2 fully saturated rings. The molecule has 0 bridgehead atoms. The third kappa shape index (κ3) is 5.11. The zero-order valence-corrected chi connectivity index (χ0v) is 20.8. The second kappa shape index (κ2) is 9.93. The predicted molar refractivity (Wildman–Crippen MR) is 130 cm³/mol. The molecule has 0 saturated carbocycles.